The number of rotatable bonds is 4. The second-order valence-electron chi connectivity index (χ2n) is 6.17. The Labute approximate surface area is 163 Å². The Hall–Kier alpha value is -2.95. The van der Waals surface area contributed by atoms with Gasteiger partial charge in [-0.25, -0.2) is 17.1 Å². The third-order valence-corrected chi connectivity index (χ3v) is 6.27. The van der Waals surface area contributed by atoms with Gasteiger partial charge in [0.15, 0.2) is 0 Å². The molecule has 0 saturated heterocycles. The van der Waals surface area contributed by atoms with E-state index in [0.717, 1.165) is 18.2 Å². The van der Waals surface area contributed by atoms with E-state index >= 15 is 0 Å². The van der Waals surface area contributed by atoms with Crippen molar-refractivity contribution < 1.29 is 35.6 Å². The smallest absolute Gasteiger partial charge is 0.348 e. The molecule has 2 amide bonds. The Bertz CT molecular complexity index is 1110. The highest BCUT2D eigenvalue weighted by molar-refractivity contribution is 7.90. The van der Waals surface area contributed by atoms with Gasteiger partial charge in [0.25, 0.3) is 21.8 Å². The quantitative estimate of drug-likeness (QED) is 0.757. The van der Waals surface area contributed by atoms with Crippen molar-refractivity contribution in [2.75, 3.05) is 6.54 Å². The van der Waals surface area contributed by atoms with E-state index < -0.39 is 45.9 Å². The highest BCUT2D eigenvalue weighted by Crippen LogP contribution is 2.33. The van der Waals surface area contributed by atoms with E-state index in [4.69, 9.17) is 0 Å². The summed E-state index contributed by atoms with van der Waals surface area (Å²) < 4.78 is 77.7. The lowest BCUT2D eigenvalue weighted by molar-refractivity contribution is -0.138. The van der Waals surface area contributed by atoms with Gasteiger partial charge in [-0.3, -0.25) is 9.59 Å². The summed E-state index contributed by atoms with van der Waals surface area (Å²) in [6, 6.07) is 5.46. The molecule has 0 fully saturated rings. The van der Waals surface area contributed by atoms with Crippen molar-refractivity contribution in [3.63, 3.8) is 0 Å². The lowest BCUT2D eigenvalue weighted by atomic mass is 10.1. The molecule has 1 N–H and O–H groups in total. The summed E-state index contributed by atoms with van der Waals surface area (Å²) in [5, 5.41) is 2.25. The molecule has 0 radical (unpaired) electrons. The van der Waals surface area contributed by atoms with Crippen molar-refractivity contribution >= 4 is 21.8 Å². The molecule has 0 saturated carbocycles. The maximum absolute atomic E-state index is 13.2. The topological polar surface area (TPSA) is 83.6 Å². The number of amides is 2. The number of alkyl halides is 3. The van der Waals surface area contributed by atoms with E-state index in [9.17, 15) is 35.6 Å². The van der Waals surface area contributed by atoms with Crippen LogP contribution < -0.4 is 5.32 Å². The van der Waals surface area contributed by atoms with Gasteiger partial charge in [0.05, 0.1) is 11.1 Å². The molecule has 11 heteroatoms. The minimum absolute atomic E-state index is 0.0812. The van der Waals surface area contributed by atoms with Crippen LogP contribution in [0.4, 0.5) is 17.6 Å². The molecule has 6 nitrogen and oxygen atoms in total. The number of halogens is 4. The summed E-state index contributed by atoms with van der Waals surface area (Å²) in [6.45, 7) is 0.843. The second kappa shape index (κ2) is 7.14. The molecular weight excluding hydrogens is 416 g/mol. The van der Waals surface area contributed by atoms with E-state index in [0.29, 0.717) is 10.4 Å². The van der Waals surface area contributed by atoms with Crippen molar-refractivity contribution in [3.8, 4) is 0 Å². The third-order valence-electron chi connectivity index (χ3n) is 4.37. The van der Waals surface area contributed by atoms with Gasteiger partial charge in [0, 0.05) is 18.7 Å². The van der Waals surface area contributed by atoms with Crippen molar-refractivity contribution in [3.05, 3.63) is 64.5 Å². The lowest BCUT2D eigenvalue weighted by Gasteiger charge is -2.14. The number of sulfonamides is 1. The fourth-order valence-corrected chi connectivity index (χ4v) is 4.58. The Kier molecular flexibility index (Phi) is 5.11. The maximum Gasteiger partial charge on any atom is 0.416 e. The van der Waals surface area contributed by atoms with Crippen LogP contribution in [0.3, 0.4) is 0 Å². The zero-order valence-corrected chi connectivity index (χ0v) is 15.7. The molecule has 1 heterocycles. The fraction of sp³-hybridized carbons (Fsp3) is 0.222. The predicted molar refractivity (Wildman–Crippen MR) is 92.9 cm³/mol. The normalized spacial score (nSPS) is 15.3. The van der Waals surface area contributed by atoms with E-state index in [1.807, 2.05) is 0 Å². The molecule has 29 heavy (non-hydrogen) atoms. The summed E-state index contributed by atoms with van der Waals surface area (Å²) in [4.78, 5) is 24.1. The fourth-order valence-electron chi connectivity index (χ4n) is 2.97. The van der Waals surface area contributed by atoms with Gasteiger partial charge in [-0.15, -0.1) is 0 Å². The van der Waals surface area contributed by atoms with Crippen LogP contribution in [0.1, 0.15) is 38.8 Å². The SMILES string of the molecule is CCN1C(=O)c2ccc(C(=O)NCc3ccc(F)cc3C(F)(F)F)cc2S1(=O)=O. The number of carbonyl (C=O) groups is 2. The molecule has 154 valence electrons. The molecule has 0 unspecified atom stereocenters. The van der Waals surface area contributed by atoms with Crippen LogP contribution in [0.15, 0.2) is 41.3 Å². The van der Waals surface area contributed by atoms with Crippen molar-refractivity contribution in [1.82, 2.24) is 9.62 Å². The molecule has 1 aliphatic rings. The summed E-state index contributed by atoms with van der Waals surface area (Å²) >= 11 is 0. The second-order valence-corrected chi connectivity index (χ2v) is 8.00. The van der Waals surface area contributed by atoms with Crippen LogP contribution in [0, 0.1) is 5.82 Å². The highest BCUT2D eigenvalue weighted by atomic mass is 32.2. The summed E-state index contributed by atoms with van der Waals surface area (Å²) in [6.07, 6.45) is -4.81. The van der Waals surface area contributed by atoms with Crippen LogP contribution in [-0.2, 0) is 22.7 Å². The molecule has 2 aromatic rings. The number of hydrogen-bond acceptors (Lipinski definition) is 4. The number of nitrogens with zero attached hydrogens (tertiary/aromatic N) is 1. The molecule has 0 aromatic heterocycles. The average Bonchev–Trinajstić information content (AvgIpc) is 2.84. The molecule has 0 spiro atoms. The van der Waals surface area contributed by atoms with Crippen molar-refractivity contribution in [2.24, 2.45) is 0 Å². The molecule has 2 aromatic carbocycles. The Morgan fingerprint density at radius 3 is 2.45 bits per heavy atom. The van der Waals surface area contributed by atoms with E-state index in [2.05, 4.69) is 5.32 Å². The number of fused-ring (bicyclic) bond motifs is 1. The van der Waals surface area contributed by atoms with Gasteiger partial charge in [-0.2, -0.15) is 13.2 Å². The average molecular weight is 430 g/mol. The van der Waals surface area contributed by atoms with Crippen LogP contribution in [0.25, 0.3) is 0 Å². The van der Waals surface area contributed by atoms with Crippen LogP contribution in [0.2, 0.25) is 0 Å². The maximum atomic E-state index is 13.2. The zero-order valence-electron chi connectivity index (χ0n) is 14.9. The Morgan fingerprint density at radius 2 is 1.83 bits per heavy atom. The lowest BCUT2D eigenvalue weighted by Crippen LogP contribution is -2.29. The first-order valence-corrected chi connectivity index (χ1v) is 9.75. The standard InChI is InChI=1S/C18H14F4N2O4S/c1-2-24-17(26)13-6-4-10(7-15(13)29(24,27)28)16(25)23-9-11-3-5-12(19)8-14(11)18(20,21)22/h3-8H,2,9H2,1H3,(H,23,25). The number of carbonyl (C=O) groups excluding carboxylic acids is 2. The summed E-state index contributed by atoms with van der Waals surface area (Å²) in [5.74, 6) is -2.63. The first-order chi connectivity index (χ1) is 13.5. The largest absolute Gasteiger partial charge is 0.416 e. The van der Waals surface area contributed by atoms with Crippen LogP contribution in [-0.4, -0.2) is 31.1 Å². The first-order valence-electron chi connectivity index (χ1n) is 8.31. The molecular formula is C18H14F4N2O4S. The summed E-state index contributed by atoms with van der Waals surface area (Å²) in [7, 11) is -4.09. The third kappa shape index (κ3) is 3.69. The molecule has 0 bridgehead atoms. The number of hydrogen-bond donors (Lipinski definition) is 1. The number of benzene rings is 2. The van der Waals surface area contributed by atoms with Crippen molar-refractivity contribution in [1.29, 1.82) is 0 Å². The van der Waals surface area contributed by atoms with Gasteiger partial charge >= 0.3 is 6.18 Å². The zero-order chi connectivity index (χ0) is 21.6. The van der Waals surface area contributed by atoms with Gasteiger partial charge in [0.2, 0.25) is 0 Å². The molecule has 0 aliphatic carbocycles. The first kappa shape index (κ1) is 20.8. The van der Waals surface area contributed by atoms with Gasteiger partial charge in [-0.1, -0.05) is 6.07 Å². The van der Waals surface area contributed by atoms with Crippen molar-refractivity contribution in [2.45, 2.75) is 24.5 Å². The minimum Gasteiger partial charge on any atom is -0.348 e. The number of nitrogens with one attached hydrogen (secondary N) is 1. The van der Waals surface area contributed by atoms with E-state index in [1.54, 1.807) is 0 Å². The Balaban J connectivity index is 1.86. The molecule has 1 aliphatic heterocycles. The summed E-state index contributed by atoms with van der Waals surface area (Å²) in [5.41, 5.74) is -1.80. The van der Waals surface area contributed by atoms with E-state index in [-0.39, 0.29) is 28.1 Å². The predicted octanol–water partition coefficient (Wildman–Crippen LogP) is 2.94. The highest BCUT2D eigenvalue weighted by Gasteiger charge is 2.40. The minimum atomic E-state index is -4.81. The monoisotopic (exact) mass is 430 g/mol. The van der Waals surface area contributed by atoms with E-state index in [1.165, 1.54) is 19.1 Å². The Morgan fingerprint density at radius 1 is 1.14 bits per heavy atom. The van der Waals surface area contributed by atoms with Gasteiger partial charge in [0.1, 0.15) is 10.7 Å². The molecule has 0 atom stereocenters. The van der Waals surface area contributed by atoms with Gasteiger partial charge in [-0.05, 0) is 42.8 Å². The van der Waals surface area contributed by atoms with Gasteiger partial charge < -0.3 is 5.32 Å². The molecule has 3 rings (SSSR count). The van der Waals surface area contributed by atoms with Crippen LogP contribution >= 0.6 is 0 Å². The van der Waals surface area contributed by atoms with Crippen LogP contribution in [0.5, 0.6) is 0 Å².